The molecule has 2 aromatic carbocycles. The molecule has 1 aromatic heterocycles. The van der Waals surface area contributed by atoms with Crippen molar-refractivity contribution in [2.75, 3.05) is 6.54 Å². The Hall–Kier alpha value is -2.66. The van der Waals surface area contributed by atoms with Gasteiger partial charge in [0.25, 0.3) is 5.91 Å². The molecule has 25 heavy (non-hydrogen) atoms. The van der Waals surface area contributed by atoms with Gasteiger partial charge in [0, 0.05) is 30.6 Å². The van der Waals surface area contributed by atoms with E-state index in [2.05, 4.69) is 46.0 Å². The van der Waals surface area contributed by atoms with Gasteiger partial charge in [0.05, 0.1) is 11.7 Å². The van der Waals surface area contributed by atoms with E-state index in [1.165, 1.54) is 5.56 Å². The number of H-pyrrole nitrogens is 1. The van der Waals surface area contributed by atoms with Crippen LogP contribution in [0.4, 0.5) is 0 Å². The fourth-order valence-corrected chi connectivity index (χ4v) is 2.70. The van der Waals surface area contributed by atoms with Gasteiger partial charge in [-0.2, -0.15) is 5.10 Å². The van der Waals surface area contributed by atoms with Crippen LogP contribution in [0.25, 0.3) is 10.9 Å². The summed E-state index contributed by atoms with van der Waals surface area (Å²) in [6.07, 6.45) is 3.92. The van der Waals surface area contributed by atoms with Crippen LogP contribution in [0, 0.1) is 0 Å². The Labute approximate surface area is 147 Å². The lowest BCUT2D eigenvalue weighted by Gasteiger charge is -2.07. The van der Waals surface area contributed by atoms with E-state index in [0.29, 0.717) is 5.56 Å². The Morgan fingerprint density at radius 2 is 1.84 bits per heavy atom. The van der Waals surface area contributed by atoms with Crippen molar-refractivity contribution in [3.05, 3.63) is 65.4 Å². The Morgan fingerprint density at radius 1 is 1.08 bits per heavy atom. The average molecular weight is 336 g/mol. The Morgan fingerprint density at radius 3 is 2.64 bits per heavy atom. The molecular weight excluding hydrogens is 312 g/mol. The Balaban J connectivity index is 1.48. The number of hydrogen-bond donors (Lipinski definition) is 3. The monoisotopic (exact) mass is 336 g/mol. The van der Waals surface area contributed by atoms with Gasteiger partial charge in [-0.05, 0) is 35.7 Å². The first kappa shape index (κ1) is 17.2. The summed E-state index contributed by atoms with van der Waals surface area (Å²) in [5.41, 5.74) is 4.14. The second-order valence-corrected chi connectivity index (χ2v) is 6.20. The highest BCUT2D eigenvalue weighted by molar-refractivity contribution is 5.94. The van der Waals surface area contributed by atoms with E-state index in [4.69, 9.17) is 0 Å². The summed E-state index contributed by atoms with van der Waals surface area (Å²) in [6, 6.07) is 14.1. The number of unbranched alkanes of at least 4 members (excludes halogenated alkanes) is 1. The maximum absolute atomic E-state index is 12.0. The number of aromatic nitrogens is 2. The lowest BCUT2D eigenvalue weighted by Crippen LogP contribution is -2.24. The third kappa shape index (κ3) is 4.67. The maximum atomic E-state index is 12.0. The van der Waals surface area contributed by atoms with E-state index < -0.39 is 0 Å². The smallest absolute Gasteiger partial charge is 0.251 e. The van der Waals surface area contributed by atoms with Gasteiger partial charge in [-0.1, -0.05) is 37.6 Å². The van der Waals surface area contributed by atoms with E-state index in [0.717, 1.165) is 48.9 Å². The maximum Gasteiger partial charge on any atom is 0.251 e. The van der Waals surface area contributed by atoms with Crippen LogP contribution in [0.3, 0.4) is 0 Å². The van der Waals surface area contributed by atoms with Crippen molar-refractivity contribution in [1.82, 2.24) is 20.8 Å². The molecular formula is C20H24N4O. The molecule has 0 aliphatic heterocycles. The highest BCUT2D eigenvalue weighted by Crippen LogP contribution is 2.13. The molecule has 0 radical (unpaired) electrons. The number of carbonyl (C=O) groups excluding carboxylic acids is 1. The SMILES string of the molecule is CCCCNC(=O)c1ccc(CNCc2ccc3cn[nH]c3c2)cc1. The number of amides is 1. The highest BCUT2D eigenvalue weighted by atomic mass is 16.1. The molecule has 0 spiro atoms. The van der Waals surface area contributed by atoms with Crippen LogP contribution < -0.4 is 10.6 Å². The van der Waals surface area contributed by atoms with Gasteiger partial charge >= 0.3 is 0 Å². The van der Waals surface area contributed by atoms with E-state index in [1.807, 2.05) is 30.5 Å². The topological polar surface area (TPSA) is 69.8 Å². The number of hydrogen-bond acceptors (Lipinski definition) is 3. The molecule has 3 N–H and O–H groups in total. The summed E-state index contributed by atoms with van der Waals surface area (Å²) in [4.78, 5) is 12.0. The van der Waals surface area contributed by atoms with Gasteiger partial charge in [0.15, 0.2) is 0 Å². The molecule has 130 valence electrons. The van der Waals surface area contributed by atoms with Gasteiger partial charge in [0.2, 0.25) is 0 Å². The third-order valence-corrected chi connectivity index (χ3v) is 4.20. The minimum absolute atomic E-state index is 0.000758. The number of nitrogens with one attached hydrogen (secondary N) is 3. The lowest BCUT2D eigenvalue weighted by molar-refractivity contribution is 0.0953. The van der Waals surface area contributed by atoms with Crippen LogP contribution in [-0.2, 0) is 13.1 Å². The molecule has 5 heteroatoms. The number of nitrogens with zero attached hydrogens (tertiary/aromatic N) is 1. The van der Waals surface area contributed by atoms with Crippen molar-refractivity contribution >= 4 is 16.8 Å². The van der Waals surface area contributed by atoms with Crippen molar-refractivity contribution in [3.63, 3.8) is 0 Å². The van der Waals surface area contributed by atoms with Crippen molar-refractivity contribution in [2.45, 2.75) is 32.9 Å². The van der Waals surface area contributed by atoms with Gasteiger partial charge in [-0.3, -0.25) is 9.89 Å². The van der Waals surface area contributed by atoms with Crippen molar-refractivity contribution < 1.29 is 4.79 Å². The predicted octanol–water partition coefficient (Wildman–Crippen LogP) is 3.38. The average Bonchev–Trinajstić information content (AvgIpc) is 3.10. The Kier molecular flexibility index (Phi) is 5.80. The van der Waals surface area contributed by atoms with Gasteiger partial charge in [-0.25, -0.2) is 0 Å². The fraction of sp³-hybridized carbons (Fsp3) is 0.300. The number of fused-ring (bicyclic) bond motifs is 1. The summed E-state index contributed by atoms with van der Waals surface area (Å²) in [7, 11) is 0. The molecule has 0 saturated heterocycles. The molecule has 0 atom stereocenters. The standard InChI is InChI=1S/C20H24N4O/c1-2-3-10-22-20(25)17-7-4-15(5-8-17)12-21-13-16-6-9-18-14-23-24-19(18)11-16/h4-9,11,14,21H,2-3,10,12-13H2,1H3,(H,22,25)(H,23,24). The van der Waals surface area contributed by atoms with Crippen LogP contribution in [0.2, 0.25) is 0 Å². The van der Waals surface area contributed by atoms with Crippen LogP contribution in [0.5, 0.6) is 0 Å². The molecule has 0 aliphatic carbocycles. The van der Waals surface area contributed by atoms with Crippen molar-refractivity contribution in [3.8, 4) is 0 Å². The Bertz CT molecular complexity index is 823. The van der Waals surface area contributed by atoms with E-state index in [1.54, 1.807) is 0 Å². The number of carbonyl (C=O) groups is 1. The molecule has 0 aliphatic rings. The van der Waals surface area contributed by atoms with E-state index in [9.17, 15) is 4.79 Å². The first-order valence-electron chi connectivity index (χ1n) is 8.76. The summed E-state index contributed by atoms with van der Waals surface area (Å²) in [6.45, 7) is 4.40. The van der Waals surface area contributed by atoms with Gasteiger partial charge in [0.1, 0.15) is 0 Å². The molecule has 3 aromatic rings. The molecule has 1 amide bonds. The number of aromatic amines is 1. The summed E-state index contributed by atoms with van der Waals surface area (Å²) in [5.74, 6) is 0.000758. The normalized spacial score (nSPS) is 10.9. The summed E-state index contributed by atoms with van der Waals surface area (Å²) >= 11 is 0. The minimum atomic E-state index is 0.000758. The summed E-state index contributed by atoms with van der Waals surface area (Å²) in [5, 5.41) is 14.5. The predicted molar refractivity (Wildman–Crippen MR) is 100 cm³/mol. The van der Waals surface area contributed by atoms with E-state index in [-0.39, 0.29) is 5.91 Å². The number of benzene rings is 2. The first-order chi connectivity index (χ1) is 12.3. The first-order valence-corrected chi connectivity index (χ1v) is 8.76. The van der Waals surface area contributed by atoms with Crippen molar-refractivity contribution in [1.29, 1.82) is 0 Å². The molecule has 0 saturated carbocycles. The van der Waals surface area contributed by atoms with Crippen LogP contribution >= 0.6 is 0 Å². The zero-order chi connectivity index (χ0) is 17.5. The number of rotatable bonds is 8. The molecule has 1 heterocycles. The molecule has 5 nitrogen and oxygen atoms in total. The zero-order valence-electron chi connectivity index (χ0n) is 14.5. The molecule has 0 unspecified atom stereocenters. The van der Waals surface area contributed by atoms with Gasteiger partial charge in [-0.15, -0.1) is 0 Å². The van der Waals surface area contributed by atoms with Gasteiger partial charge < -0.3 is 10.6 Å². The molecule has 3 rings (SSSR count). The van der Waals surface area contributed by atoms with E-state index >= 15 is 0 Å². The third-order valence-electron chi connectivity index (χ3n) is 4.20. The fourth-order valence-electron chi connectivity index (χ4n) is 2.70. The zero-order valence-corrected chi connectivity index (χ0v) is 14.5. The summed E-state index contributed by atoms with van der Waals surface area (Å²) < 4.78 is 0. The molecule has 0 bridgehead atoms. The van der Waals surface area contributed by atoms with Crippen LogP contribution in [0.15, 0.2) is 48.7 Å². The lowest BCUT2D eigenvalue weighted by atomic mass is 10.1. The molecule has 0 fully saturated rings. The van der Waals surface area contributed by atoms with Crippen LogP contribution in [-0.4, -0.2) is 22.6 Å². The largest absolute Gasteiger partial charge is 0.352 e. The van der Waals surface area contributed by atoms with Crippen LogP contribution in [0.1, 0.15) is 41.3 Å². The quantitative estimate of drug-likeness (QED) is 0.552. The minimum Gasteiger partial charge on any atom is -0.352 e. The second kappa shape index (κ2) is 8.44. The van der Waals surface area contributed by atoms with Crippen molar-refractivity contribution in [2.24, 2.45) is 0 Å². The highest BCUT2D eigenvalue weighted by Gasteiger charge is 2.04. The second-order valence-electron chi connectivity index (χ2n) is 6.20.